The Balaban J connectivity index is 0.00000196. The zero-order valence-electron chi connectivity index (χ0n) is 15.4. The van der Waals surface area contributed by atoms with Crippen molar-refractivity contribution >= 4 is 29.1 Å². The number of halogens is 1. The van der Waals surface area contributed by atoms with Gasteiger partial charge in [0.15, 0.2) is 0 Å². The van der Waals surface area contributed by atoms with Crippen molar-refractivity contribution in [3.05, 3.63) is 48.0 Å². The Morgan fingerprint density at radius 2 is 1.73 bits per heavy atom. The Bertz CT molecular complexity index is 764. The highest BCUT2D eigenvalue weighted by Gasteiger charge is 2.40. The lowest BCUT2D eigenvalue weighted by Gasteiger charge is -2.45. The highest BCUT2D eigenvalue weighted by atomic mass is 35.5. The molecule has 2 saturated carbocycles. The molecule has 0 radical (unpaired) electrons. The molecule has 0 heterocycles. The topological polar surface area (TPSA) is 55.1 Å². The highest BCUT2D eigenvalue weighted by molar-refractivity contribution is 5.87. The summed E-state index contributed by atoms with van der Waals surface area (Å²) in [7, 11) is 0. The maximum absolute atomic E-state index is 12.9. The summed E-state index contributed by atoms with van der Waals surface area (Å²) in [5, 5.41) is 5.81. The van der Waals surface area contributed by atoms with Gasteiger partial charge in [-0.2, -0.15) is 0 Å². The van der Waals surface area contributed by atoms with Crippen LogP contribution in [0.1, 0.15) is 50.5 Å². The molecule has 4 heteroatoms. The average molecular weight is 373 g/mol. The van der Waals surface area contributed by atoms with Crippen LogP contribution in [-0.2, 0) is 4.79 Å². The number of carbonyl (C=O) groups excluding carboxylic acids is 1. The number of rotatable bonds is 3. The van der Waals surface area contributed by atoms with Crippen LogP contribution in [0.15, 0.2) is 42.5 Å². The van der Waals surface area contributed by atoms with E-state index in [4.69, 9.17) is 5.73 Å². The Kier molecular flexibility index (Phi) is 5.89. The maximum atomic E-state index is 12.9. The van der Waals surface area contributed by atoms with Crippen molar-refractivity contribution in [3.63, 3.8) is 0 Å². The molecule has 0 saturated heterocycles. The molecule has 0 aliphatic heterocycles. The van der Waals surface area contributed by atoms with Gasteiger partial charge in [0.1, 0.15) is 0 Å². The standard InChI is InChI=1S/C22H28N2O.ClH/c1-14(16-10-9-15-5-2-3-6-17(15)11-16)22(25)24-21-18-7-4-8-19(21)13-20(23)12-18;/h2-3,5-6,9-11,14,18-21H,4,7-8,12-13,23H2,1H3,(H,24,25);1H. The van der Waals surface area contributed by atoms with Gasteiger partial charge < -0.3 is 11.1 Å². The number of hydrogen-bond acceptors (Lipinski definition) is 2. The number of amides is 1. The van der Waals surface area contributed by atoms with Gasteiger partial charge in [0, 0.05) is 12.1 Å². The summed E-state index contributed by atoms with van der Waals surface area (Å²) in [4.78, 5) is 12.9. The molecule has 2 aromatic rings. The second-order valence-corrected chi connectivity index (χ2v) is 8.05. The van der Waals surface area contributed by atoms with Crippen LogP contribution in [0.4, 0.5) is 0 Å². The van der Waals surface area contributed by atoms with E-state index in [1.54, 1.807) is 0 Å². The first kappa shape index (κ1) is 19.2. The minimum atomic E-state index is -0.124. The highest BCUT2D eigenvalue weighted by Crippen LogP contribution is 2.40. The van der Waals surface area contributed by atoms with Crippen LogP contribution >= 0.6 is 12.4 Å². The summed E-state index contributed by atoms with van der Waals surface area (Å²) in [5.74, 6) is 1.17. The molecule has 2 aliphatic rings. The van der Waals surface area contributed by atoms with Gasteiger partial charge >= 0.3 is 0 Å². The molecular formula is C22H29ClN2O. The quantitative estimate of drug-likeness (QED) is 0.839. The minimum absolute atomic E-state index is 0. The predicted octanol–water partition coefficient (Wildman–Crippen LogP) is 4.39. The molecule has 0 aromatic heterocycles. The Morgan fingerprint density at radius 3 is 2.42 bits per heavy atom. The van der Waals surface area contributed by atoms with Crippen LogP contribution in [0, 0.1) is 11.8 Å². The smallest absolute Gasteiger partial charge is 0.227 e. The zero-order chi connectivity index (χ0) is 17.4. The summed E-state index contributed by atoms with van der Waals surface area (Å²) in [6.45, 7) is 2.02. The maximum Gasteiger partial charge on any atom is 0.227 e. The van der Waals surface area contributed by atoms with Crippen LogP contribution in [0.3, 0.4) is 0 Å². The number of nitrogens with one attached hydrogen (secondary N) is 1. The molecule has 3 atom stereocenters. The molecule has 140 valence electrons. The molecule has 3 unspecified atom stereocenters. The lowest BCUT2D eigenvalue weighted by molar-refractivity contribution is -0.124. The molecular weight excluding hydrogens is 344 g/mol. The van der Waals surface area contributed by atoms with E-state index in [2.05, 4.69) is 35.6 Å². The van der Waals surface area contributed by atoms with E-state index in [1.165, 1.54) is 30.0 Å². The van der Waals surface area contributed by atoms with Gasteiger partial charge in [-0.1, -0.05) is 48.9 Å². The normalized spacial score (nSPS) is 28.8. The second-order valence-electron chi connectivity index (χ2n) is 8.05. The monoisotopic (exact) mass is 372 g/mol. The van der Waals surface area contributed by atoms with E-state index in [1.807, 2.05) is 19.1 Å². The summed E-state index contributed by atoms with van der Waals surface area (Å²) < 4.78 is 0. The first-order valence-electron chi connectivity index (χ1n) is 9.66. The van der Waals surface area contributed by atoms with Gasteiger partial charge in [0.05, 0.1) is 5.92 Å². The van der Waals surface area contributed by atoms with E-state index in [9.17, 15) is 4.79 Å². The number of carbonyl (C=O) groups is 1. The van der Waals surface area contributed by atoms with E-state index >= 15 is 0 Å². The molecule has 2 aliphatic carbocycles. The fourth-order valence-corrected chi connectivity index (χ4v) is 4.94. The summed E-state index contributed by atoms with van der Waals surface area (Å²) in [6, 6.07) is 15.3. The third kappa shape index (κ3) is 3.74. The fraction of sp³-hybridized carbons (Fsp3) is 0.500. The first-order valence-corrected chi connectivity index (χ1v) is 9.66. The van der Waals surface area contributed by atoms with E-state index < -0.39 is 0 Å². The predicted molar refractivity (Wildman–Crippen MR) is 110 cm³/mol. The van der Waals surface area contributed by atoms with Gasteiger partial charge in [-0.05, 0) is 60.8 Å². The lowest BCUT2D eigenvalue weighted by atomic mass is 9.67. The van der Waals surface area contributed by atoms with Crippen molar-refractivity contribution < 1.29 is 4.79 Å². The van der Waals surface area contributed by atoms with Crippen LogP contribution in [0.25, 0.3) is 10.8 Å². The van der Waals surface area contributed by atoms with E-state index in [0.717, 1.165) is 18.4 Å². The number of hydrogen-bond donors (Lipinski definition) is 2. The van der Waals surface area contributed by atoms with E-state index in [0.29, 0.717) is 23.9 Å². The molecule has 3 nitrogen and oxygen atoms in total. The number of nitrogens with two attached hydrogens (primary N) is 1. The SMILES string of the molecule is CC(C(=O)NC1C2CCCC1CC(N)C2)c1ccc2ccccc2c1.Cl. The van der Waals surface area contributed by atoms with Crippen molar-refractivity contribution in [1.82, 2.24) is 5.32 Å². The molecule has 0 spiro atoms. The molecule has 2 fully saturated rings. The van der Waals surface area contributed by atoms with Crippen molar-refractivity contribution in [2.75, 3.05) is 0 Å². The van der Waals surface area contributed by atoms with Crippen LogP contribution in [0.2, 0.25) is 0 Å². The van der Waals surface area contributed by atoms with E-state index in [-0.39, 0.29) is 24.2 Å². The summed E-state index contributed by atoms with van der Waals surface area (Å²) >= 11 is 0. The van der Waals surface area contributed by atoms with Gasteiger partial charge in [-0.3, -0.25) is 4.79 Å². The third-order valence-electron chi connectivity index (χ3n) is 6.35. The average Bonchev–Trinajstić information content (AvgIpc) is 2.61. The number of fused-ring (bicyclic) bond motifs is 3. The Labute approximate surface area is 162 Å². The zero-order valence-corrected chi connectivity index (χ0v) is 16.2. The first-order chi connectivity index (χ1) is 12.1. The molecule has 2 aromatic carbocycles. The molecule has 4 rings (SSSR count). The lowest BCUT2D eigenvalue weighted by Crippen LogP contribution is -2.54. The summed E-state index contributed by atoms with van der Waals surface area (Å²) in [5.41, 5.74) is 7.30. The van der Waals surface area contributed by atoms with Crippen molar-refractivity contribution in [3.8, 4) is 0 Å². The molecule has 3 N–H and O–H groups in total. The second kappa shape index (κ2) is 7.98. The minimum Gasteiger partial charge on any atom is -0.352 e. The van der Waals surface area contributed by atoms with Crippen molar-refractivity contribution in [2.45, 2.75) is 57.0 Å². The van der Waals surface area contributed by atoms with Gasteiger partial charge in [-0.15, -0.1) is 12.4 Å². The van der Waals surface area contributed by atoms with Crippen LogP contribution in [-0.4, -0.2) is 18.0 Å². The van der Waals surface area contributed by atoms with Gasteiger partial charge in [0.2, 0.25) is 5.91 Å². The van der Waals surface area contributed by atoms with Crippen molar-refractivity contribution in [2.24, 2.45) is 17.6 Å². The van der Waals surface area contributed by atoms with Gasteiger partial charge in [0.25, 0.3) is 0 Å². The number of benzene rings is 2. The Morgan fingerprint density at radius 1 is 1.08 bits per heavy atom. The molecule has 1 amide bonds. The van der Waals surface area contributed by atoms with Gasteiger partial charge in [-0.25, -0.2) is 0 Å². The van der Waals surface area contributed by atoms with Crippen LogP contribution in [0.5, 0.6) is 0 Å². The molecule has 2 bridgehead atoms. The largest absolute Gasteiger partial charge is 0.352 e. The van der Waals surface area contributed by atoms with Crippen molar-refractivity contribution in [1.29, 1.82) is 0 Å². The third-order valence-corrected chi connectivity index (χ3v) is 6.35. The Hall–Kier alpha value is -1.58. The molecule has 26 heavy (non-hydrogen) atoms. The fourth-order valence-electron chi connectivity index (χ4n) is 4.94. The summed E-state index contributed by atoms with van der Waals surface area (Å²) in [6.07, 6.45) is 5.82. The van der Waals surface area contributed by atoms with Crippen LogP contribution < -0.4 is 11.1 Å².